The van der Waals surface area contributed by atoms with E-state index in [0.29, 0.717) is 17.4 Å². The van der Waals surface area contributed by atoms with Crippen molar-refractivity contribution in [1.29, 1.82) is 0 Å². The van der Waals surface area contributed by atoms with Crippen LogP contribution >= 0.6 is 7.82 Å². The Morgan fingerprint density at radius 1 is 0.723 bits per heavy atom. The Hall–Kier alpha value is -1.02. The number of likely N-dealkylation sites (N-methyl/N-ethyl adjacent to an activating group) is 1. The fourth-order valence-corrected chi connectivity index (χ4v) is 6.01. The number of aliphatic hydroxyl groups is 1. The smallest absolute Gasteiger partial charge is 0.268 e. The van der Waals surface area contributed by atoms with Crippen LogP contribution in [0.3, 0.4) is 0 Å². The highest BCUT2D eigenvalue weighted by molar-refractivity contribution is 7.45. The number of unbranched alkanes of at least 4 members (excludes halogenated alkanes) is 19. The number of hydrogen-bond donors (Lipinski definition) is 2. The van der Waals surface area contributed by atoms with Crippen LogP contribution in [-0.2, 0) is 18.4 Å². The number of phosphoric acid groups is 1. The quantitative estimate of drug-likeness (QED) is 0.0303. The van der Waals surface area contributed by atoms with Gasteiger partial charge in [-0.2, -0.15) is 0 Å². The maximum atomic E-state index is 12.7. The van der Waals surface area contributed by atoms with Gasteiger partial charge < -0.3 is 28.8 Å². The van der Waals surface area contributed by atoms with E-state index in [9.17, 15) is 19.4 Å². The predicted molar refractivity (Wildman–Crippen MR) is 196 cm³/mol. The Kier molecular flexibility index (Phi) is 30.3. The Labute approximate surface area is 290 Å². The number of carbonyl (C=O) groups excluding carboxylic acids is 1. The molecule has 0 spiro atoms. The summed E-state index contributed by atoms with van der Waals surface area (Å²) in [7, 11) is 1.24. The van der Waals surface area contributed by atoms with Crippen molar-refractivity contribution >= 4 is 13.7 Å². The first-order valence-corrected chi connectivity index (χ1v) is 20.7. The monoisotopic (exact) mass is 687 g/mol. The second-order valence-corrected chi connectivity index (χ2v) is 15.7. The topological polar surface area (TPSA) is 108 Å². The fourth-order valence-electron chi connectivity index (χ4n) is 5.28. The summed E-state index contributed by atoms with van der Waals surface area (Å²) in [5.74, 6) is -0.210. The van der Waals surface area contributed by atoms with Gasteiger partial charge in [-0.1, -0.05) is 147 Å². The van der Waals surface area contributed by atoms with Gasteiger partial charge in [-0.3, -0.25) is 9.36 Å². The van der Waals surface area contributed by atoms with Crippen LogP contribution in [0, 0.1) is 0 Å². The average Bonchev–Trinajstić information content (AvgIpc) is 3.01. The van der Waals surface area contributed by atoms with E-state index < -0.39 is 26.6 Å². The van der Waals surface area contributed by atoms with Gasteiger partial charge in [0.2, 0.25) is 5.91 Å². The number of quaternary nitrogens is 1. The van der Waals surface area contributed by atoms with Gasteiger partial charge in [-0.25, -0.2) is 0 Å². The third kappa shape index (κ3) is 33.3. The Morgan fingerprint density at radius 2 is 1.19 bits per heavy atom. The summed E-state index contributed by atoms with van der Waals surface area (Å²) in [4.78, 5) is 25.1. The molecular formula is C38H75N2O6P. The summed E-state index contributed by atoms with van der Waals surface area (Å²) in [6.07, 6.45) is 33.7. The minimum Gasteiger partial charge on any atom is -0.756 e. The van der Waals surface area contributed by atoms with Crippen molar-refractivity contribution in [3.63, 3.8) is 0 Å². The van der Waals surface area contributed by atoms with E-state index >= 15 is 0 Å². The van der Waals surface area contributed by atoms with Gasteiger partial charge in [0.25, 0.3) is 7.82 Å². The van der Waals surface area contributed by atoms with E-state index in [1.54, 1.807) is 6.08 Å². The molecule has 0 rings (SSSR count). The first kappa shape index (κ1) is 46.0. The number of phosphoric ester groups is 1. The molecule has 3 unspecified atom stereocenters. The number of nitrogens with zero attached hydrogens (tertiary/aromatic N) is 1. The summed E-state index contributed by atoms with van der Waals surface area (Å²) >= 11 is 0. The molecule has 2 N–H and O–H groups in total. The van der Waals surface area contributed by atoms with Gasteiger partial charge >= 0.3 is 0 Å². The largest absolute Gasteiger partial charge is 0.756 e. The zero-order chi connectivity index (χ0) is 35.1. The maximum absolute atomic E-state index is 12.7. The number of allylic oxidation sites excluding steroid dienone is 3. The molecule has 0 bridgehead atoms. The number of rotatable bonds is 34. The molecule has 0 aromatic rings. The number of amides is 1. The predicted octanol–water partition coefficient (Wildman–Crippen LogP) is 9.16. The molecule has 0 aromatic heterocycles. The third-order valence-corrected chi connectivity index (χ3v) is 9.38. The molecule has 278 valence electrons. The molecular weight excluding hydrogens is 611 g/mol. The SMILES string of the molecule is CCCCC/C=C/CC/C=C/C(O)C(COP(=O)([O-])OCC[N+](C)(C)C)NC(=O)CCCCCCCCCCCCCCCCCC. The van der Waals surface area contributed by atoms with E-state index in [4.69, 9.17) is 9.05 Å². The molecule has 0 aromatic carbocycles. The Bertz CT molecular complexity index is 829. The minimum atomic E-state index is -4.58. The summed E-state index contributed by atoms with van der Waals surface area (Å²) in [5.41, 5.74) is 0. The van der Waals surface area contributed by atoms with Crippen LogP contribution in [0.25, 0.3) is 0 Å². The van der Waals surface area contributed by atoms with E-state index in [1.165, 1.54) is 103 Å². The van der Waals surface area contributed by atoms with Crippen molar-refractivity contribution < 1.29 is 32.9 Å². The molecule has 0 aliphatic carbocycles. The molecule has 0 aliphatic heterocycles. The first-order chi connectivity index (χ1) is 22.5. The van der Waals surface area contributed by atoms with Crippen molar-refractivity contribution in [3.05, 3.63) is 24.3 Å². The molecule has 0 aliphatic rings. The number of aliphatic hydroxyl groups excluding tert-OH is 1. The van der Waals surface area contributed by atoms with Gasteiger partial charge in [0.05, 0.1) is 39.9 Å². The van der Waals surface area contributed by atoms with Crippen molar-refractivity contribution in [2.45, 2.75) is 174 Å². The highest BCUT2D eigenvalue weighted by Gasteiger charge is 2.23. The molecule has 47 heavy (non-hydrogen) atoms. The summed E-state index contributed by atoms with van der Waals surface area (Å²) in [5, 5.41) is 13.6. The van der Waals surface area contributed by atoms with E-state index in [1.807, 2.05) is 27.2 Å². The highest BCUT2D eigenvalue weighted by atomic mass is 31.2. The first-order valence-electron chi connectivity index (χ1n) is 19.2. The molecule has 0 radical (unpaired) electrons. The van der Waals surface area contributed by atoms with Crippen molar-refractivity contribution in [2.75, 3.05) is 40.9 Å². The lowest BCUT2D eigenvalue weighted by molar-refractivity contribution is -0.870. The fraction of sp³-hybridized carbons (Fsp3) is 0.868. The van der Waals surface area contributed by atoms with Crippen LogP contribution in [0.4, 0.5) is 0 Å². The summed E-state index contributed by atoms with van der Waals surface area (Å²) in [6, 6.07) is -0.895. The van der Waals surface area contributed by atoms with Crippen molar-refractivity contribution in [1.82, 2.24) is 5.32 Å². The minimum absolute atomic E-state index is 0.00498. The summed E-state index contributed by atoms with van der Waals surface area (Å²) in [6.45, 7) is 4.56. The molecule has 1 amide bonds. The third-order valence-electron chi connectivity index (χ3n) is 8.41. The molecule has 3 atom stereocenters. The second-order valence-electron chi connectivity index (χ2n) is 14.3. The lowest BCUT2D eigenvalue weighted by Crippen LogP contribution is -2.45. The van der Waals surface area contributed by atoms with Gasteiger partial charge in [-0.05, 0) is 32.1 Å². The zero-order valence-corrected chi connectivity index (χ0v) is 32.1. The highest BCUT2D eigenvalue weighted by Crippen LogP contribution is 2.38. The molecule has 0 saturated carbocycles. The van der Waals surface area contributed by atoms with Crippen LogP contribution in [0.1, 0.15) is 162 Å². The van der Waals surface area contributed by atoms with Crippen molar-refractivity contribution in [2.24, 2.45) is 0 Å². The van der Waals surface area contributed by atoms with Gasteiger partial charge in [0.1, 0.15) is 13.2 Å². The number of nitrogens with one attached hydrogen (secondary N) is 1. The number of hydrogen-bond acceptors (Lipinski definition) is 6. The maximum Gasteiger partial charge on any atom is 0.268 e. The molecule has 9 heteroatoms. The van der Waals surface area contributed by atoms with Crippen LogP contribution in [0.15, 0.2) is 24.3 Å². The van der Waals surface area contributed by atoms with E-state index in [2.05, 4.69) is 31.3 Å². The van der Waals surface area contributed by atoms with Crippen molar-refractivity contribution in [3.8, 4) is 0 Å². The lowest BCUT2D eigenvalue weighted by atomic mass is 10.0. The molecule has 8 nitrogen and oxygen atoms in total. The van der Waals surface area contributed by atoms with E-state index in [0.717, 1.165) is 38.5 Å². The normalized spacial score (nSPS) is 15.0. The van der Waals surface area contributed by atoms with Crippen LogP contribution in [0.5, 0.6) is 0 Å². The second kappa shape index (κ2) is 31.0. The molecule has 0 heterocycles. The standard InChI is InChI=1S/C38H75N2O6P/c1-6-8-10-12-14-16-17-18-19-20-21-22-24-26-28-30-32-38(42)39-36(35-46-47(43,44)45-34-33-40(3,4)5)37(41)31-29-27-25-23-15-13-11-9-7-2/h15,23,29,31,36-37,41H,6-14,16-22,24-28,30,32-35H2,1-5H3,(H-,39,42,43,44)/b23-15+,31-29+. The Morgan fingerprint density at radius 3 is 1.72 bits per heavy atom. The van der Waals surface area contributed by atoms with Gasteiger partial charge in [0, 0.05) is 6.42 Å². The van der Waals surface area contributed by atoms with Gasteiger partial charge in [-0.15, -0.1) is 0 Å². The zero-order valence-electron chi connectivity index (χ0n) is 31.2. The Balaban J connectivity index is 4.45. The lowest BCUT2D eigenvalue weighted by Gasteiger charge is -2.29. The van der Waals surface area contributed by atoms with Crippen LogP contribution < -0.4 is 10.2 Å². The van der Waals surface area contributed by atoms with Crippen LogP contribution in [-0.4, -0.2) is 68.5 Å². The summed E-state index contributed by atoms with van der Waals surface area (Å²) < 4.78 is 23.0. The number of carbonyl (C=O) groups is 1. The van der Waals surface area contributed by atoms with E-state index in [-0.39, 0.29) is 12.5 Å². The molecule has 0 saturated heterocycles. The van der Waals surface area contributed by atoms with Gasteiger partial charge in [0.15, 0.2) is 0 Å². The molecule has 0 fully saturated rings. The van der Waals surface area contributed by atoms with Crippen LogP contribution in [0.2, 0.25) is 0 Å². The average molecular weight is 687 g/mol.